The summed E-state index contributed by atoms with van der Waals surface area (Å²) < 4.78 is 2.14. The Balaban J connectivity index is 1.34. The van der Waals surface area contributed by atoms with Gasteiger partial charge in [0.2, 0.25) is 5.91 Å². The summed E-state index contributed by atoms with van der Waals surface area (Å²) in [6, 6.07) is 5.85. The molecule has 3 heterocycles. The molecule has 146 valence electrons. The topological polar surface area (TPSA) is 62.2 Å². The Labute approximate surface area is 165 Å². The molecule has 2 N–H and O–H groups in total. The second kappa shape index (κ2) is 8.17. The van der Waals surface area contributed by atoms with E-state index < -0.39 is 0 Å². The van der Waals surface area contributed by atoms with Crippen LogP contribution in [0.2, 0.25) is 5.02 Å². The molecule has 0 bridgehead atoms. The van der Waals surface area contributed by atoms with E-state index in [9.17, 15) is 4.79 Å². The number of aryl methyl sites for hydroxylation is 1. The van der Waals surface area contributed by atoms with Crippen molar-refractivity contribution in [3.63, 3.8) is 0 Å². The SMILES string of the molecule is Cn1c(CN2CCCC(CNC(=O)C3CCCN3)C2)nc2ccc(Cl)cc21. The molecule has 1 amide bonds. The normalized spacial score (nSPS) is 23.8. The number of likely N-dealkylation sites (tertiary alicyclic amines) is 1. The molecule has 2 aliphatic rings. The van der Waals surface area contributed by atoms with Gasteiger partial charge in [0.25, 0.3) is 0 Å². The summed E-state index contributed by atoms with van der Waals surface area (Å²) in [5, 5.41) is 7.16. The number of carbonyl (C=O) groups is 1. The van der Waals surface area contributed by atoms with Gasteiger partial charge in [0.1, 0.15) is 5.82 Å². The molecule has 0 spiro atoms. The largest absolute Gasteiger partial charge is 0.354 e. The van der Waals surface area contributed by atoms with Crippen molar-refractivity contribution in [2.75, 3.05) is 26.2 Å². The van der Waals surface area contributed by atoms with Gasteiger partial charge in [-0.2, -0.15) is 0 Å². The Bertz CT molecular complexity index is 814. The number of nitrogens with one attached hydrogen (secondary N) is 2. The third-order valence-electron chi connectivity index (χ3n) is 5.85. The van der Waals surface area contributed by atoms with Crippen LogP contribution in [-0.4, -0.2) is 52.6 Å². The minimum atomic E-state index is 0.0107. The second-order valence-electron chi connectivity index (χ2n) is 7.86. The third-order valence-corrected chi connectivity index (χ3v) is 6.08. The fourth-order valence-electron chi connectivity index (χ4n) is 4.29. The second-order valence-corrected chi connectivity index (χ2v) is 8.29. The zero-order valence-corrected chi connectivity index (χ0v) is 16.6. The van der Waals surface area contributed by atoms with Crippen molar-refractivity contribution < 1.29 is 4.79 Å². The van der Waals surface area contributed by atoms with Gasteiger partial charge in [0.05, 0.1) is 23.6 Å². The lowest BCUT2D eigenvalue weighted by Crippen LogP contribution is -2.45. The van der Waals surface area contributed by atoms with Gasteiger partial charge in [-0.1, -0.05) is 11.6 Å². The number of rotatable bonds is 5. The van der Waals surface area contributed by atoms with E-state index >= 15 is 0 Å². The van der Waals surface area contributed by atoms with Gasteiger partial charge in [-0.3, -0.25) is 9.69 Å². The highest BCUT2D eigenvalue weighted by Gasteiger charge is 2.25. The molecule has 2 aromatic rings. The van der Waals surface area contributed by atoms with E-state index in [-0.39, 0.29) is 11.9 Å². The maximum absolute atomic E-state index is 12.2. The molecule has 2 aliphatic heterocycles. The van der Waals surface area contributed by atoms with E-state index in [1.54, 1.807) is 0 Å². The molecule has 4 rings (SSSR count). The lowest BCUT2D eigenvalue weighted by atomic mass is 9.98. The predicted octanol–water partition coefficient (Wildman–Crippen LogP) is 2.31. The highest BCUT2D eigenvalue weighted by Crippen LogP contribution is 2.22. The van der Waals surface area contributed by atoms with Crippen LogP contribution in [0.15, 0.2) is 18.2 Å². The summed E-state index contributed by atoms with van der Waals surface area (Å²) in [6.07, 6.45) is 4.39. The fourth-order valence-corrected chi connectivity index (χ4v) is 4.46. The first-order valence-corrected chi connectivity index (χ1v) is 10.3. The van der Waals surface area contributed by atoms with Gasteiger partial charge >= 0.3 is 0 Å². The molecular formula is C20H28ClN5O. The summed E-state index contributed by atoms with van der Waals surface area (Å²) >= 11 is 6.13. The van der Waals surface area contributed by atoms with Crippen molar-refractivity contribution in [2.45, 2.75) is 38.3 Å². The van der Waals surface area contributed by atoms with Crippen molar-refractivity contribution in [2.24, 2.45) is 13.0 Å². The predicted molar refractivity (Wildman–Crippen MR) is 108 cm³/mol. The van der Waals surface area contributed by atoms with Crippen LogP contribution >= 0.6 is 11.6 Å². The number of aromatic nitrogens is 2. The smallest absolute Gasteiger partial charge is 0.237 e. The summed E-state index contributed by atoms with van der Waals surface area (Å²) in [5.41, 5.74) is 2.06. The molecule has 27 heavy (non-hydrogen) atoms. The maximum Gasteiger partial charge on any atom is 0.237 e. The van der Waals surface area contributed by atoms with Gasteiger partial charge in [0, 0.05) is 25.2 Å². The first kappa shape index (κ1) is 18.7. The zero-order valence-electron chi connectivity index (χ0n) is 15.9. The zero-order chi connectivity index (χ0) is 18.8. The molecule has 0 radical (unpaired) electrons. The average Bonchev–Trinajstić information content (AvgIpc) is 3.30. The summed E-state index contributed by atoms with van der Waals surface area (Å²) in [6.45, 7) is 4.64. The minimum Gasteiger partial charge on any atom is -0.354 e. The standard InChI is InChI=1S/C20H28ClN5O/c1-25-18-10-15(21)6-7-16(18)24-19(25)13-26-9-3-4-14(12-26)11-23-20(27)17-5-2-8-22-17/h6-7,10,14,17,22H,2-5,8-9,11-13H2,1H3,(H,23,27). The number of imidazole rings is 1. The molecule has 2 saturated heterocycles. The van der Waals surface area contributed by atoms with Crippen LogP contribution in [0.4, 0.5) is 0 Å². The Morgan fingerprint density at radius 1 is 1.37 bits per heavy atom. The molecule has 0 saturated carbocycles. The highest BCUT2D eigenvalue weighted by molar-refractivity contribution is 6.31. The number of hydrogen-bond donors (Lipinski definition) is 2. The lowest BCUT2D eigenvalue weighted by Gasteiger charge is -2.32. The average molecular weight is 390 g/mol. The Kier molecular flexibility index (Phi) is 5.66. The Hall–Kier alpha value is -1.63. The van der Waals surface area contributed by atoms with Crippen molar-refractivity contribution in [1.29, 1.82) is 0 Å². The number of halogens is 1. The van der Waals surface area contributed by atoms with E-state index in [1.165, 1.54) is 6.42 Å². The van der Waals surface area contributed by atoms with Gasteiger partial charge in [-0.25, -0.2) is 4.98 Å². The molecule has 2 atom stereocenters. The summed E-state index contributed by atoms with van der Waals surface area (Å²) in [5.74, 6) is 1.73. The van der Waals surface area contributed by atoms with E-state index in [1.807, 2.05) is 18.2 Å². The number of nitrogens with zero attached hydrogens (tertiary/aromatic N) is 3. The molecule has 2 fully saturated rings. The molecule has 7 heteroatoms. The number of carbonyl (C=O) groups excluding carboxylic acids is 1. The van der Waals surface area contributed by atoms with Crippen LogP contribution in [0, 0.1) is 5.92 Å². The van der Waals surface area contributed by atoms with Gasteiger partial charge in [-0.15, -0.1) is 0 Å². The van der Waals surface area contributed by atoms with E-state index in [2.05, 4.69) is 27.1 Å². The number of hydrogen-bond acceptors (Lipinski definition) is 4. The van der Waals surface area contributed by atoms with Crippen LogP contribution in [0.3, 0.4) is 0 Å². The van der Waals surface area contributed by atoms with E-state index in [4.69, 9.17) is 16.6 Å². The Morgan fingerprint density at radius 2 is 2.26 bits per heavy atom. The van der Waals surface area contributed by atoms with Crippen LogP contribution in [0.5, 0.6) is 0 Å². The van der Waals surface area contributed by atoms with Gasteiger partial charge in [0.15, 0.2) is 0 Å². The van der Waals surface area contributed by atoms with Crippen molar-refractivity contribution in [3.05, 3.63) is 29.0 Å². The van der Waals surface area contributed by atoms with Crippen LogP contribution in [0.1, 0.15) is 31.5 Å². The van der Waals surface area contributed by atoms with Crippen LogP contribution in [0.25, 0.3) is 11.0 Å². The van der Waals surface area contributed by atoms with Gasteiger partial charge < -0.3 is 15.2 Å². The Morgan fingerprint density at radius 3 is 3.07 bits per heavy atom. The molecule has 6 nitrogen and oxygen atoms in total. The highest BCUT2D eigenvalue weighted by atomic mass is 35.5. The van der Waals surface area contributed by atoms with Crippen molar-refractivity contribution >= 4 is 28.5 Å². The molecule has 2 unspecified atom stereocenters. The van der Waals surface area contributed by atoms with Crippen LogP contribution in [-0.2, 0) is 18.4 Å². The van der Waals surface area contributed by atoms with Crippen LogP contribution < -0.4 is 10.6 Å². The third kappa shape index (κ3) is 4.28. The fraction of sp³-hybridized carbons (Fsp3) is 0.600. The van der Waals surface area contributed by atoms with Gasteiger partial charge in [-0.05, 0) is 62.9 Å². The number of benzene rings is 1. The van der Waals surface area contributed by atoms with E-state index in [0.29, 0.717) is 5.92 Å². The summed E-state index contributed by atoms with van der Waals surface area (Å²) in [4.78, 5) is 19.5. The quantitative estimate of drug-likeness (QED) is 0.823. The first-order chi connectivity index (χ1) is 13.1. The minimum absolute atomic E-state index is 0.0107. The lowest BCUT2D eigenvalue weighted by molar-refractivity contribution is -0.123. The van der Waals surface area contributed by atoms with Crippen molar-refractivity contribution in [3.8, 4) is 0 Å². The maximum atomic E-state index is 12.2. The molecular weight excluding hydrogens is 362 g/mol. The summed E-state index contributed by atoms with van der Waals surface area (Å²) in [7, 11) is 2.05. The molecule has 1 aromatic carbocycles. The monoisotopic (exact) mass is 389 g/mol. The molecule has 1 aromatic heterocycles. The number of piperidine rings is 1. The van der Waals surface area contributed by atoms with Crippen molar-refractivity contribution in [1.82, 2.24) is 25.1 Å². The first-order valence-electron chi connectivity index (χ1n) is 9.94. The number of fused-ring (bicyclic) bond motifs is 1. The number of amides is 1. The van der Waals surface area contributed by atoms with E-state index in [0.717, 1.165) is 73.9 Å². The molecule has 0 aliphatic carbocycles.